The molecule has 0 atom stereocenters. The molecule has 2 aromatic heterocycles. The quantitative estimate of drug-likeness (QED) is 0.634. The highest BCUT2D eigenvalue weighted by molar-refractivity contribution is 7.99. The van der Waals surface area contributed by atoms with E-state index in [0.717, 1.165) is 31.0 Å². The van der Waals surface area contributed by atoms with Crippen molar-refractivity contribution in [1.29, 1.82) is 0 Å². The third kappa shape index (κ3) is 2.36. The zero-order chi connectivity index (χ0) is 12.5. The molecule has 90 valence electrons. The van der Waals surface area contributed by atoms with E-state index in [9.17, 15) is 0 Å². The molecular weight excluding hydrogens is 284 g/mol. The fourth-order valence-corrected chi connectivity index (χ4v) is 3.57. The highest BCUT2D eigenvalue weighted by atomic mass is 35.5. The van der Waals surface area contributed by atoms with Crippen molar-refractivity contribution in [3.63, 3.8) is 0 Å². The summed E-state index contributed by atoms with van der Waals surface area (Å²) in [5.41, 5.74) is 0. The van der Waals surface area contributed by atoms with Crippen molar-refractivity contribution in [3.8, 4) is 0 Å². The molecule has 0 aliphatic carbocycles. The zero-order valence-corrected chi connectivity index (χ0v) is 11.9. The molecule has 2 heterocycles. The average molecular weight is 293 g/mol. The van der Waals surface area contributed by atoms with Crippen LogP contribution < -0.4 is 0 Å². The first-order chi connectivity index (χ1) is 8.72. The largest absolute Gasteiger partial charge is 0.226 e. The SMILES string of the molecule is Cc1nc(Sc2ccc(Cl)cc2)c2ccsc2n1. The molecule has 0 aliphatic rings. The Morgan fingerprint density at radius 1 is 1.11 bits per heavy atom. The van der Waals surface area contributed by atoms with Crippen molar-refractivity contribution in [2.45, 2.75) is 16.8 Å². The lowest BCUT2D eigenvalue weighted by molar-refractivity contribution is 1.02. The van der Waals surface area contributed by atoms with Gasteiger partial charge in [-0.1, -0.05) is 23.4 Å². The van der Waals surface area contributed by atoms with E-state index in [2.05, 4.69) is 16.0 Å². The van der Waals surface area contributed by atoms with Crippen LogP contribution in [0, 0.1) is 6.92 Å². The number of aryl methyl sites for hydroxylation is 1. The summed E-state index contributed by atoms with van der Waals surface area (Å²) in [6.45, 7) is 1.92. The third-order valence-corrected chi connectivity index (χ3v) is 4.50. The average Bonchev–Trinajstić information content (AvgIpc) is 2.80. The van der Waals surface area contributed by atoms with Crippen molar-refractivity contribution < 1.29 is 0 Å². The van der Waals surface area contributed by atoms with Crippen LogP contribution in [0.1, 0.15) is 5.82 Å². The van der Waals surface area contributed by atoms with Gasteiger partial charge in [0, 0.05) is 15.3 Å². The number of benzene rings is 1. The molecule has 3 aromatic rings. The fourth-order valence-electron chi connectivity index (χ4n) is 1.62. The lowest BCUT2D eigenvalue weighted by Gasteiger charge is -2.03. The van der Waals surface area contributed by atoms with E-state index in [1.54, 1.807) is 23.1 Å². The number of thiophene rings is 1. The van der Waals surface area contributed by atoms with Gasteiger partial charge in [-0.3, -0.25) is 0 Å². The van der Waals surface area contributed by atoms with Crippen LogP contribution in [0.4, 0.5) is 0 Å². The molecule has 0 fully saturated rings. The maximum atomic E-state index is 5.88. The molecule has 3 rings (SSSR count). The smallest absolute Gasteiger partial charge is 0.128 e. The number of rotatable bonds is 2. The van der Waals surface area contributed by atoms with Gasteiger partial charge in [0.05, 0.1) is 0 Å². The molecule has 0 saturated heterocycles. The highest BCUT2D eigenvalue weighted by Gasteiger charge is 2.08. The molecule has 1 aromatic carbocycles. The van der Waals surface area contributed by atoms with Crippen LogP contribution in [-0.2, 0) is 0 Å². The first kappa shape index (κ1) is 12.0. The minimum atomic E-state index is 0.749. The van der Waals surface area contributed by atoms with Gasteiger partial charge in [0.15, 0.2) is 0 Å². The van der Waals surface area contributed by atoms with Crippen LogP contribution in [0.15, 0.2) is 45.6 Å². The summed E-state index contributed by atoms with van der Waals surface area (Å²) in [6.07, 6.45) is 0. The second-order valence-electron chi connectivity index (χ2n) is 3.77. The predicted molar refractivity (Wildman–Crippen MR) is 77.7 cm³/mol. The molecule has 0 spiro atoms. The highest BCUT2D eigenvalue weighted by Crippen LogP contribution is 2.33. The first-order valence-corrected chi connectivity index (χ1v) is 7.45. The summed E-state index contributed by atoms with van der Waals surface area (Å²) in [6, 6.07) is 9.86. The Morgan fingerprint density at radius 2 is 1.89 bits per heavy atom. The maximum Gasteiger partial charge on any atom is 0.128 e. The molecule has 0 saturated carbocycles. The van der Waals surface area contributed by atoms with Gasteiger partial charge < -0.3 is 0 Å². The van der Waals surface area contributed by atoms with E-state index in [1.807, 2.05) is 36.6 Å². The summed E-state index contributed by atoms with van der Waals surface area (Å²) in [5, 5.41) is 4.91. The minimum absolute atomic E-state index is 0.749. The summed E-state index contributed by atoms with van der Waals surface area (Å²) in [5.74, 6) is 0.807. The Kier molecular flexibility index (Phi) is 3.24. The van der Waals surface area contributed by atoms with Gasteiger partial charge in [-0.2, -0.15) is 0 Å². The number of fused-ring (bicyclic) bond motifs is 1. The molecule has 2 nitrogen and oxygen atoms in total. The number of halogens is 1. The van der Waals surface area contributed by atoms with Gasteiger partial charge in [-0.25, -0.2) is 9.97 Å². The number of aromatic nitrogens is 2. The van der Waals surface area contributed by atoms with Crippen molar-refractivity contribution in [3.05, 3.63) is 46.6 Å². The molecule has 0 unspecified atom stereocenters. The lowest BCUT2D eigenvalue weighted by Crippen LogP contribution is -1.89. The lowest BCUT2D eigenvalue weighted by atomic mass is 10.4. The van der Waals surface area contributed by atoms with Crippen LogP contribution >= 0.6 is 34.7 Å². The Labute approximate surface area is 118 Å². The number of hydrogen-bond acceptors (Lipinski definition) is 4. The standard InChI is InChI=1S/C13H9ClN2S2/c1-8-15-12-11(6-7-17-12)13(16-8)18-10-4-2-9(14)3-5-10/h2-7H,1H3. The number of nitrogens with zero attached hydrogens (tertiary/aromatic N) is 2. The van der Waals surface area contributed by atoms with Gasteiger partial charge in [-0.15, -0.1) is 11.3 Å². The van der Waals surface area contributed by atoms with Crippen LogP contribution in [0.5, 0.6) is 0 Å². The molecule has 0 aliphatic heterocycles. The van der Waals surface area contributed by atoms with Crippen molar-refractivity contribution in [1.82, 2.24) is 9.97 Å². The molecule has 0 N–H and O–H groups in total. The van der Waals surface area contributed by atoms with Crippen molar-refractivity contribution in [2.24, 2.45) is 0 Å². The Bertz CT molecular complexity index is 692. The monoisotopic (exact) mass is 292 g/mol. The van der Waals surface area contributed by atoms with Gasteiger partial charge in [0.25, 0.3) is 0 Å². The van der Waals surface area contributed by atoms with Gasteiger partial charge in [0.1, 0.15) is 15.7 Å². The fraction of sp³-hybridized carbons (Fsp3) is 0.0769. The molecule has 0 radical (unpaired) electrons. The molecule has 5 heteroatoms. The maximum absolute atomic E-state index is 5.88. The van der Waals surface area contributed by atoms with Crippen LogP contribution in [0.2, 0.25) is 5.02 Å². The van der Waals surface area contributed by atoms with E-state index < -0.39 is 0 Å². The van der Waals surface area contributed by atoms with Crippen molar-refractivity contribution in [2.75, 3.05) is 0 Å². The third-order valence-electron chi connectivity index (χ3n) is 2.43. The van der Waals surface area contributed by atoms with Crippen LogP contribution in [0.3, 0.4) is 0 Å². The van der Waals surface area contributed by atoms with Crippen LogP contribution in [-0.4, -0.2) is 9.97 Å². The summed E-state index contributed by atoms with van der Waals surface area (Å²) in [4.78, 5) is 11.1. The Balaban J connectivity index is 2.03. The number of hydrogen-bond donors (Lipinski definition) is 0. The second kappa shape index (κ2) is 4.88. The van der Waals surface area contributed by atoms with E-state index >= 15 is 0 Å². The predicted octanol–water partition coefficient (Wildman–Crippen LogP) is 4.80. The van der Waals surface area contributed by atoms with Gasteiger partial charge >= 0.3 is 0 Å². The van der Waals surface area contributed by atoms with E-state index in [4.69, 9.17) is 11.6 Å². The summed E-state index contributed by atoms with van der Waals surface area (Å²) >= 11 is 9.17. The minimum Gasteiger partial charge on any atom is -0.226 e. The summed E-state index contributed by atoms with van der Waals surface area (Å²) in [7, 11) is 0. The molecular formula is C13H9ClN2S2. The Hall–Kier alpha value is -1.10. The first-order valence-electron chi connectivity index (χ1n) is 5.37. The van der Waals surface area contributed by atoms with E-state index in [-0.39, 0.29) is 0 Å². The van der Waals surface area contributed by atoms with Gasteiger partial charge in [0.2, 0.25) is 0 Å². The topological polar surface area (TPSA) is 25.8 Å². The molecule has 18 heavy (non-hydrogen) atoms. The summed E-state index contributed by atoms with van der Waals surface area (Å²) < 4.78 is 0. The second-order valence-corrected chi connectivity index (χ2v) is 6.16. The van der Waals surface area contributed by atoms with Gasteiger partial charge in [-0.05, 0) is 42.6 Å². The van der Waals surface area contributed by atoms with Crippen molar-refractivity contribution >= 4 is 44.9 Å². The Morgan fingerprint density at radius 3 is 2.67 bits per heavy atom. The van der Waals surface area contributed by atoms with Crippen LogP contribution in [0.25, 0.3) is 10.2 Å². The van der Waals surface area contributed by atoms with E-state index in [1.165, 1.54) is 0 Å². The normalized spacial score (nSPS) is 11.0. The van der Waals surface area contributed by atoms with E-state index in [0.29, 0.717) is 0 Å². The molecule has 0 bridgehead atoms. The molecule has 0 amide bonds. The zero-order valence-electron chi connectivity index (χ0n) is 9.55.